The number of guanidine groups is 1. The molecule has 0 spiro atoms. The molecule has 0 radical (unpaired) electrons. The molecule has 6 heteroatoms. The molecule has 2 rings (SSSR count). The Morgan fingerprint density at radius 3 is 2.46 bits per heavy atom. The van der Waals surface area contributed by atoms with Crippen LogP contribution in [0.15, 0.2) is 45.9 Å². The van der Waals surface area contributed by atoms with E-state index in [0.29, 0.717) is 24.0 Å². The Morgan fingerprint density at radius 1 is 1.08 bits per heavy atom. The van der Waals surface area contributed by atoms with Crippen LogP contribution in [0.4, 0.5) is 5.69 Å². The van der Waals surface area contributed by atoms with Crippen molar-refractivity contribution in [2.75, 3.05) is 26.6 Å². The van der Waals surface area contributed by atoms with Gasteiger partial charge in [0.2, 0.25) is 0 Å². The van der Waals surface area contributed by atoms with Crippen LogP contribution < -0.4 is 20.1 Å². The summed E-state index contributed by atoms with van der Waals surface area (Å²) in [5.74, 6) is 2.04. The molecule has 0 amide bonds. The van der Waals surface area contributed by atoms with Crippen molar-refractivity contribution in [2.24, 2.45) is 4.99 Å². The van der Waals surface area contributed by atoms with E-state index in [1.54, 1.807) is 21.3 Å². The van der Waals surface area contributed by atoms with E-state index >= 15 is 0 Å². The lowest BCUT2D eigenvalue weighted by Gasteiger charge is -2.15. The number of hydrogen-bond donors (Lipinski definition) is 2. The van der Waals surface area contributed by atoms with Crippen LogP contribution in [0.3, 0.4) is 0 Å². The number of hydrogen-bond acceptors (Lipinski definition) is 3. The van der Waals surface area contributed by atoms with Gasteiger partial charge in [0.15, 0.2) is 17.5 Å². The summed E-state index contributed by atoms with van der Waals surface area (Å²) in [5.41, 5.74) is 3.31. The van der Waals surface area contributed by atoms with Crippen LogP contribution in [0.5, 0.6) is 11.5 Å². The van der Waals surface area contributed by atoms with E-state index in [0.717, 1.165) is 10.2 Å². The first-order valence-corrected chi connectivity index (χ1v) is 8.31. The highest BCUT2D eigenvalue weighted by Gasteiger charge is 2.07. The van der Waals surface area contributed by atoms with Gasteiger partial charge in [-0.3, -0.25) is 4.99 Å². The van der Waals surface area contributed by atoms with E-state index in [4.69, 9.17) is 9.47 Å². The molecular weight excluding hydrogens is 370 g/mol. The number of methoxy groups -OCH3 is 2. The van der Waals surface area contributed by atoms with E-state index in [1.165, 1.54) is 11.1 Å². The number of benzene rings is 2. The van der Waals surface area contributed by atoms with Crippen molar-refractivity contribution in [3.05, 3.63) is 52.0 Å². The molecule has 0 unspecified atom stereocenters. The number of nitrogens with one attached hydrogen (secondary N) is 2. The lowest BCUT2D eigenvalue weighted by molar-refractivity contribution is 0.355. The monoisotopic (exact) mass is 391 g/mol. The van der Waals surface area contributed by atoms with Crippen molar-refractivity contribution in [2.45, 2.75) is 13.5 Å². The van der Waals surface area contributed by atoms with Crippen molar-refractivity contribution in [1.29, 1.82) is 0 Å². The van der Waals surface area contributed by atoms with Gasteiger partial charge in [0.05, 0.1) is 14.2 Å². The first-order chi connectivity index (χ1) is 11.6. The topological polar surface area (TPSA) is 54.9 Å². The molecule has 0 aliphatic carbocycles. The molecule has 2 aromatic rings. The molecular formula is C18H22BrN3O2. The van der Waals surface area contributed by atoms with Gasteiger partial charge < -0.3 is 20.1 Å². The molecule has 24 heavy (non-hydrogen) atoms. The molecule has 0 aromatic heterocycles. The van der Waals surface area contributed by atoms with Gasteiger partial charge in [0, 0.05) is 29.8 Å². The first-order valence-electron chi connectivity index (χ1n) is 7.52. The van der Waals surface area contributed by atoms with Gasteiger partial charge in [-0.25, -0.2) is 0 Å². The van der Waals surface area contributed by atoms with Crippen LogP contribution >= 0.6 is 15.9 Å². The van der Waals surface area contributed by atoms with Gasteiger partial charge in [0.25, 0.3) is 0 Å². The maximum atomic E-state index is 5.32. The van der Waals surface area contributed by atoms with Crippen LogP contribution in [-0.4, -0.2) is 27.2 Å². The van der Waals surface area contributed by atoms with Crippen LogP contribution in [0.25, 0.3) is 0 Å². The largest absolute Gasteiger partial charge is 0.493 e. The van der Waals surface area contributed by atoms with Crippen LogP contribution in [-0.2, 0) is 6.54 Å². The fourth-order valence-corrected chi connectivity index (χ4v) is 2.74. The minimum atomic E-state index is 0.668. The summed E-state index contributed by atoms with van der Waals surface area (Å²) in [5, 5.41) is 6.56. The Balaban J connectivity index is 2.05. The van der Waals surface area contributed by atoms with Crippen molar-refractivity contribution >= 4 is 27.6 Å². The highest BCUT2D eigenvalue weighted by molar-refractivity contribution is 9.10. The van der Waals surface area contributed by atoms with E-state index in [1.807, 2.05) is 24.3 Å². The van der Waals surface area contributed by atoms with Crippen LogP contribution in [0, 0.1) is 6.92 Å². The van der Waals surface area contributed by atoms with Gasteiger partial charge >= 0.3 is 0 Å². The zero-order valence-electron chi connectivity index (χ0n) is 14.3. The van der Waals surface area contributed by atoms with Gasteiger partial charge in [0.1, 0.15) is 0 Å². The molecule has 0 aliphatic heterocycles. The minimum absolute atomic E-state index is 0.668. The van der Waals surface area contributed by atoms with Crippen molar-refractivity contribution < 1.29 is 9.47 Å². The second-order valence-electron chi connectivity index (χ2n) is 5.19. The third-order valence-corrected chi connectivity index (χ3v) is 4.11. The third-order valence-electron chi connectivity index (χ3n) is 3.62. The van der Waals surface area contributed by atoms with E-state index in [2.05, 4.69) is 50.6 Å². The number of aliphatic imine (C=N–C) groups is 1. The Morgan fingerprint density at radius 2 is 1.83 bits per heavy atom. The first kappa shape index (κ1) is 18.1. The average Bonchev–Trinajstić information content (AvgIpc) is 2.59. The molecule has 0 heterocycles. The number of anilines is 1. The molecule has 2 aromatic carbocycles. The summed E-state index contributed by atoms with van der Waals surface area (Å²) in [6.45, 7) is 2.78. The van der Waals surface area contributed by atoms with Gasteiger partial charge in [-0.1, -0.05) is 22.0 Å². The molecule has 0 aliphatic rings. The second-order valence-corrected chi connectivity index (χ2v) is 6.11. The number of ether oxygens (including phenoxy) is 2. The molecule has 128 valence electrons. The van der Waals surface area contributed by atoms with Crippen LogP contribution in [0.2, 0.25) is 0 Å². The van der Waals surface area contributed by atoms with E-state index in [9.17, 15) is 0 Å². The molecule has 0 bridgehead atoms. The number of halogens is 1. The number of nitrogens with zero attached hydrogens (tertiary/aromatic N) is 1. The second kappa shape index (κ2) is 8.59. The molecule has 0 saturated heterocycles. The predicted octanol–water partition coefficient (Wildman–Crippen LogP) is 3.96. The zero-order valence-corrected chi connectivity index (χ0v) is 15.9. The van der Waals surface area contributed by atoms with Gasteiger partial charge in [-0.05, 0) is 42.3 Å². The van der Waals surface area contributed by atoms with Gasteiger partial charge in [-0.15, -0.1) is 0 Å². The zero-order chi connectivity index (χ0) is 17.5. The molecule has 0 atom stereocenters. The van der Waals surface area contributed by atoms with Crippen molar-refractivity contribution in [1.82, 2.24) is 5.32 Å². The summed E-state index contributed by atoms with van der Waals surface area (Å²) >= 11 is 3.48. The normalized spacial score (nSPS) is 11.1. The fourth-order valence-electron chi connectivity index (χ4n) is 2.27. The number of aryl methyl sites for hydroxylation is 1. The predicted molar refractivity (Wildman–Crippen MR) is 102 cm³/mol. The summed E-state index contributed by atoms with van der Waals surface area (Å²) < 4.78 is 11.6. The Labute approximate surface area is 151 Å². The smallest absolute Gasteiger partial charge is 0.195 e. The Bertz CT molecular complexity index is 732. The Kier molecular flexibility index (Phi) is 6.49. The standard InChI is InChI=1S/C18H22BrN3O2/c1-12-9-14(19)6-5-13(12)11-21-18(20-2)22-15-7-8-16(23-3)17(10-15)24-4/h5-10H,11H2,1-4H3,(H2,20,21,22). The summed E-state index contributed by atoms with van der Waals surface area (Å²) in [7, 11) is 4.97. The highest BCUT2D eigenvalue weighted by Crippen LogP contribution is 2.29. The molecule has 5 nitrogen and oxygen atoms in total. The minimum Gasteiger partial charge on any atom is -0.493 e. The highest BCUT2D eigenvalue weighted by atomic mass is 79.9. The average molecular weight is 392 g/mol. The molecule has 2 N–H and O–H groups in total. The number of rotatable bonds is 5. The quantitative estimate of drug-likeness (QED) is 0.598. The lowest BCUT2D eigenvalue weighted by atomic mass is 10.1. The SMILES string of the molecule is CN=C(NCc1ccc(Br)cc1C)Nc1ccc(OC)c(OC)c1. The van der Waals surface area contributed by atoms with Crippen LogP contribution in [0.1, 0.15) is 11.1 Å². The van der Waals surface area contributed by atoms with E-state index in [-0.39, 0.29) is 0 Å². The maximum Gasteiger partial charge on any atom is 0.195 e. The summed E-state index contributed by atoms with van der Waals surface area (Å²) in [4.78, 5) is 4.26. The summed E-state index contributed by atoms with van der Waals surface area (Å²) in [6.07, 6.45) is 0. The lowest BCUT2D eigenvalue weighted by Crippen LogP contribution is -2.30. The van der Waals surface area contributed by atoms with Crippen molar-refractivity contribution in [3.8, 4) is 11.5 Å². The van der Waals surface area contributed by atoms with Gasteiger partial charge in [-0.2, -0.15) is 0 Å². The Hall–Kier alpha value is -2.21. The van der Waals surface area contributed by atoms with E-state index < -0.39 is 0 Å². The van der Waals surface area contributed by atoms with Crippen molar-refractivity contribution in [3.63, 3.8) is 0 Å². The molecule has 0 saturated carbocycles. The third kappa shape index (κ3) is 4.64. The maximum absolute atomic E-state index is 5.32. The fraction of sp³-hybridized carbons (Fsp3) is 0.278. The summed E-state index contributed by atoms with van der Waals surface area (Å²) in [6, 6.07) is 11.9. The molecule has 0 fully saturated rings.